The van der Waals surface area contributed by atoms with Crippen LogP contribution in [0.2, 0.25) is 0 Å². The SMILES string of the molecule is COc1cccc2c1nc(CCCl)n2CCC1CCOC1. The quantitative estimate of drug-likeness (QED) is 0.769. The number of ether oxygens (including phenoxy) is 2. The third-order valence-corrected chi connectivity index (χ3v) is 4.33. The predicted molar refractivity (Wildman–Crippen MR) is 84.3 cm³/mol. The van der Waals surface area contributed by atoms with Gasteiger partial charge in [-0.1, -0.05) is 6.07 Å². The Morgan fingerprint density at radius 1 is 1.48 bits per heavy atom. The fourth-order valence-corrected chi connectivity index (χ4v) is 3.15. The number of rotatable bonds is 6. The number of nitrogens with zero attached hydrogens (tertiary/aromatic N) is 2. The standard InChI is InChI=1S/C16H21ClN2O2/c1-20-14-4-2-3-13-16(14)18-15(5-8-17)19(13)9-6-12-7-10-21-11-12/h2-4,12H,5-11H2,1H3. The third kappa shape index (κ3) is 3.01. The minimum Gasteiger partial charge on any atom is -0.494 e. The molecule has 1 unspecified atom stereocenters. The molecule has 1 fully saturated rings. The first kappa shape index (κ1) is 14.7. The number of hydrogen-bond donors (Lipinski definition) is 0. The van der Waals surface area contributed by atoms with Gasteiger partial charge in [0.2, 0.25) is 0 Å². The molecule has 0 bridgehead atoms. The van der Waals surface area contributed by atoms with Gasteiger partial charge in [-0.15, -0.1) is 11.6 Å². The van der Waals surface area contributed by atoms with Gasteiger partial charge in [-0.2, -0.15) is 0 Å². The molecule has 21 heavy (non-hydrogen) atoms. The van der Waals surface area contributed by atoms with Crippen LogP contribution < -0.4 is 4.74 Å². The first-order valence-electron chi connectivity index (χ1n) is 7.49. The van der Waals surface area contributed by atoms with E-state index in [0.717, 1.165) is 55.2 Å². The van der Waals surface area contributed by atoms with E-state index >= 15 is 0 Å². The Balaban J connectivity index is 1.91. The summed E-state index contributed by atoms with van der Waals surface area (Å²) in [5.41, 5.74) is 2.07. The summed E-state index contributed by atoms with van der Waals surface area (Å²) in [7, 11) is 1.69. The molecular formula is C16H21ClN2O2. The lowest BCUT2D eigenvalue weighted by Crippen LogP contribution is -2.09. The van der Waals surface area contributed by atoms with Gasteiger partial charge < -0.3 is 14.0 Å². The number of para-hydroxylation sites is 1. The molecule has 1 aliphatic heterocycles. The van der Waals surface area contributed by atoms with Crippen molar-refractivity contribution in [1.29, 1.82) is 0 Å². The molecular weight excluding hydrogens is 288 g/mol. The zero-order valence-electron chi connectivity index (χ0n) is 12.3. The van der Waals surface area contributed by atoms with Crippen LogP contribution in [-0.4, -0.2) is 35.8 Å². The zero-order chi connectivity index (χ0) is 14.7. The molecule has 0 saturated carbocycles. The second kappa shape index (κ2) is 6.67. The molecule has 0 spiro atoms. The lowest BCUT2D eigenvalue weighted by Gasteiger charge is -2.11. The van der Waals surface area contributed by atoms with Gasteiger partial charge in [0.15, 0.2) is 0 Å². The molecule has 3 rings (SSSR count). The molecule has 0 radical (unpaired) electrons. The maximum atomic E-state index is 5.93. The van der Waals surface area contributed by atoms with E-state index in [9.17, 15) is 0 Å². The van der Waals surface area contributed by atoms with Gasteiger partial charge >= 0.3 is 0 Å². The first-order valence-corrected chi connectivity index (χ1v) is 8.02. The first-order chi connectivity index (χ1) is 10.3. The Labute approximate surface area is 130 Å². The van der Waals surface area contributed by atoms with E-state index in [1.165, 1.54) is 6.42 Å². The average Bonchev–Trinajstić information content (AvgIpc) is 3.12. The number of fused-ring (bicyclic) bond motifs is 1. The fraction of sp³-hybridized carbons (Fsp3) is 0.562. The van der Waals surface area contributed by atoms with Crippen molar-refractivity contribution in [3.8, 4) is 5.75 Å². The molecule has 4 nitrogen and oxygen atoms in total. The smallest absolute Gasteiger partial charge is 0.146 e. The van der Waals surface area contributed by atoms with Gasteiger partial charge in [0.1, 0.15) is 17.1 Å². The number of alkyl halides is 1. The van der Waals surface area contributed by atoms with Gasteiger partial charge in [-0.05, 0) is 30.9 Å². The number of aryl methyl sites for hydroxylation is 2. The van der Waals surface area contributed by atoms with Crippen LogP contribution in [0.5, 0.6) is 5.75 Å². The van der Waals surface area contributed by atoms with Crippen LogP contribution in [0.1, 0.15) is 18.7 Å². The molecule has 0 N–H and O–H groups in total. The summed E-state index contributed by atoms with van der Waals surface area (Å²) in [5.74, 6) is 3.12. The summed E-state index contributed by atoms with van der Waals surface area (Å²) in [6.45, 7) is 2.75. The Morgan fingerprint density at radius 2 is 2.38 bits per heavy atom. The third-order valence-electron chi connectivity index (χ3n) is 4.14. The van der Waals surface area contributed by atoms with E-state index in [1.807, 2.05) is 12.1 Å². The molecule has 2 aromatic rings. The van der Waals surface area contributed by atoms with Crippen molar-refractivity contribution in [3.05, 3.63) is 24.0 Å². The van der Waals surface area contributed by atoms with E-state index in [2.05, 4.69) is 10.6 Å². The summed E-state index contributed by atoms with van der Waals surface area (Å²) < 4.78 is 13.2. The molecule has 1 aliphatic rings. The lowest BCUT2D eigenvalue weighted by molar-refractivity contribution is 0.183. The van der Waals surface area contributed by atoms with Gasteiger partial charge in [0.25, 0.3) is 0 Å². The zero-order valence-corrected chi connectivity index (χ0v) is 13.1. The Kier molecular flexibility index (Phi) is 4.66. The number of halogens is 1. The molecule has 2 heterocycles. The second-order valence-corrected chi connectivity index (χ2v) is 5.84. The van der Waals surface area contributed by atoms with Crippen LogP contribution in [0.25, 0.3) is 11.0 Å². The molecule has 0 aliphatic carbocycles. The summed E-state index contributed by atoms with van der Waals surface area (Å²) in [6.07, 6.45) is 3.07. The molecule has 5 heteroatoms. The lowest BCUT2D eigenvalue weighted by atomic mass is 10.1. The van der Waals surface area contributed by atoms with Crippen LogP contribution >= 0.6 is 11.6 Å². The maximum absolute atomic E-state index is 5.93. The van der Waals surface area contributed by atoms with Crippen molar-refractivity contribution in [2.45, 2.75) is 25.8 Å². The van der Waals surface area contributed by atoms with Crippen molar-refractivity contribution in [1.82, 2.24) is 9.55 Å². The van der Waals surface area contributed by atoms with Gasteiger partial charge in [-0.3, -0.25) is 0 Å². The highest BCUT2D eigenvalue weighted by molar-refractivity contribution is 6.17. The molecule has 1 aromatic carbocycles. The molecule has 1 aromatic heterocycles. The summed E-state index contributed by atoms with van der Waals surface area (Å²) in [6, 6.07) is 6.07. The molecule has 1 atom stereocenters. The Morgan fingerprint density at radius 3 is 3.10 bits per heavy atom. The molecule has 0 amide bonds. The van der Waals surface area contributed by atoms with Gasteiger partial charge in [0.05, 0.1) is 12.6 Å². The largest absolute Gasteiger partial charge is 0.494 e. The second-order valence-electron chi connectivity index (χ2n) is 5.46. The van der Waals surface area contributed by atoms with E-state index < -0.39 is 0 Å². The Bertz CT molecular complexity index is 606. The number of hydrogen-bond acceptors (Lipinski definition) is 3. The minimum atomic E-state index is 0.582. The minimum absolute atomic E-state index is 0.582. The monoisotopic (exact) mass is 308 g/mol. The average molecular weight is 309 g/mol. The predicted octanol–water partition coefficient (Wildman–Crippen LogP) is 3.25. The molecule has 1 saturated heterocycles. The summed E-state index contributed by atoms with van der Waals surface area (Å²) in [5, 5.41) is 0. The highest BCUT2D eigenvalue weighted by Gasteiger charge is 2.18. The van der Waals surface area contributed by atoms with E-state index in [4.69, 9.17) is 26.1 Å². The highest BCUT2D eigenvalue weighted by Crippen LogP contribution is 2.27. The number of methoxy groups -OCH3 is 1. The van der Waals surface area contributed by atoms with Crippen molar-refractivity contribution in [3.63, 3.8) is 0 Å². The summed E-state index contributed by atoms with van der Waals surface area (Å²) >= 11 is 5.93. The Hall–Kier alpha value is -1.26. The van der Waals surface area contributed by atoms with Crippen molar-refractivity contribution < 1.29 is 9.47 Å². The maximum Gasteiger partial charge on any atom is 0.146 e. The molecule has 114 valence electrons. The van der Waals surface area contributed by atoms with Crippen molar-refractivity contribution >= 4 is 22.6 Å². The van der Waals surface area contributed by atoms with Gasteiger partial charge in [-0.25, -0.2) is 4.98 Å². The van der Waals surface area contributed by atoms with Crippen LogP contribution in [0.15, 0.2) is 18.2 Å². The van der Waals surface area contributed by atoms with Crippen molar-refractivity contribution in [2.24, 2.45) is 5.92 Å². The van der Waals surface area contributed by atoms with E-state index in [1.54, 1.807) is 7.11 Å². The van der Waals surface area contributed by atoms with Crippen molar-refractivity contribution in [2.75, 3.05) is 26.2 Å². The normalized spacial score (nSPS) is 18.5. The fourth-order valence-electron chi connectivity index (χ4n) is 2.98. The van der Waals surface area contributed by atoms with Crippen LogP contribution in [0, 0.1) is 5.92 Å². The number of imidazole rings is 1. The number of aromatic nitrogens is 2. The summed E-state index contributed by atoms with van der Waals surface area (Å²) in [4.78, 5) is 4.74. The number of benzene rings is 1. The van der Waals surface area contributed by atoms with Gasteiger partial charge in [0, 0.05) is 32.1 Å². The topological polar surface area (TPSA) is 36.3 Å². The highest BCUT2D eigenvalue weighted by atomic mass is 35.5. The van der Waals surface area contributed by atoms with E-state index in [-0.39, 0.29) is 0 Å². The van der Waals surface area contributed by atoms with Crippen LogP contribution in [0.3, 0.4) is 0 Å². The van der Waals surface area contributed by atoms with Crippen LogP contribution in [0.4, 0.5) is 0 Å². The van der Waals surface area contributed by atoms with Crippen LogP contribution in [-0.2, 0) is 17.7 Å². The van der Waals surface area contributed by atoms with E-state index in [0.29, 0.717) is 11.8 Å².